The third-order valence-electron chi connectivity index (χ3n) is 5.02. The van der Waals surface area contributed by atoms with Gasteiger partial charge in [0.1, 0.15) is 6.26 Å². The maximum absolute atomic E-state index is 12.6. The minimum Gasteiger partial charge on any atom is -0.361 e. The molecule has 0 atom stereocenters. The number of hydrogen-bond donors (Lipinski definition) is 0. The van der Waals surface area contributed by atoms with Crippen LogP contribution < -0.4 is 4.18 Å². The van der Waals surface area contributed by atoms with Gasteiger partial charge in [0, 0.05) is 5.56 Å². The number of hydrogen-bond acceptors (Lipinski definition) is 4. The summed E-state index contributed by atoms with van der Waals surface area (Å²) in [5.74, 6) is 0.167. The van der Waals surface area contributed by atoms with Gasteiger partial charge in [0.15, 0.2) is 5.75 Å². The van der Waals surface area contributed by atoms with Crippen molar-refractivity contribution in [2.24, 2.45) is 0 Å². The molecule has 4 aromatic rings. The van der Waals surface area contributed by atoms with E-state index in [0.29, 0.717) is 5.56 Å². The molecule has 0 aliphatic rings. The van der Waals surface area contributed by atoms with Crippen LogP contribution >= 0.6 is 0 Å². The summed E-state index contributed by atoms with van der Waals surface area (Å²) in [5, 5.41) is 0. The summed E-state index contributed by atoms with van der Waals surface area (Å²) in [6, 6.07) is 34.1. The second kappa shape index (κ2) is 11.7. The van der Waals surface area contributed by atoms with Crippen molar-refractivity contribution in [2.45, 2.75) is 0 Å². The topological polar surface area (TPSA) is 52.6 Å². The zero-order valence-corrected chi connectivity index (χ0v) is 19.7. The molecule has 4 rings (SSSR count). The van der Waals surface area contributed by atoms with E-state index in [2.05, 4.69) is 0 Å². The van der Waals surface area contributed by atoms with Crippen molar-refractivity contribution in [2.75, 3.05) is 0 Å². The highest BCUT2D eigenvalue weighted by atomic mass is 32.3. The molecule has 5 heteroatoms. The Morgan fingerprint density at radius 2 is 1.03 bits per heavy atom. The first-order valence-electron chi connectivity index (χ1n) is 11.0. The van der Waals surface area contributed by atoms with Gasteiger partial charge in [0.05, 0.1) is 0 Å². The molecule has 0 spiro atoms. The Morgan fingerprint density at radius 1 is 0.514 bits per heavy atom. The zero-order chi connectivity index (χ0) is 24.3. The minimum atomic E-state index is -4.34. The molecule has 0 unspecified atom stereocenters. The van der Waals surface area contributed by atoms with E-state index in [9.17, 15) is 8.42 Å². The van der Waals surface area contributed by atoms with Crippen LogP contribution in [0, 0.1) is 0 Å². The third-order valence-corrected chi connectivity index (χ3v) is 5.75. The van der Waals surface area contributed by atoms with Gasteiger partial charge in [-0.05, 0) is 40.5 Å². The van der Waals surface area contributed by atoms with Crippen molar-refractivity contribution in [3.8, 4) is 5.75 Å². The van der Waals surface area contributed by atoms with E-state index in [-0.39, 0.29) is 5.75 Å². The fourth-order valence-corrected chi connectivity index (χ4v) is 3.92. The highest BCUT2D eigenvalue weighted by Gasteiger charge is 2.16. The van der Waals surface area contributed by atoms with E-state index in [4.69, 9.17) is 8.37 Å². The van der Waals surface area contributed by atoms with Crippen LogP contribution in [0.3, 0.4) is 0 Å². The summed E-state index contributed by atoms with van der Waals surface area (Å²) < 4.78 is 35.5. The van der Waals surface area contributed by atoms with Gasteiger partial charge in [-0.15, -0.1) is 8.42 Å². The second-order valence-electron chi connectivity index (χ2n) is 7.55. The standard InChI is InChI=1S/C30H24O4S/c31-35(32,33-24-23-27-15-8-3-9-16-27)34-30-18-10-17-28(21-19-25-11-4-1-5-12-25)29(30)22-20-26-13-6-2-7-14-26/h1-24H. The second-order valence-corrected chi connectivity index (χ2v) is 8.72. The lowest BCUT2D eigenvalue weighted by atomic mass is 10.0. The SMILES string of the molecule is O=S(=O)(OC=Cc1ccccc1)Oc1cccc(C=Cc2ccccc2)c1C=Cc1ccccc1. The summed E-state index contributed by atoms with van der Waals surface area (Å²) in [6.07, 6.45) is 10.3. The van der Waals surface area contributed by atoms with Crippen LogP contribution in [0.4, 0.5) is 0 Å². The Morgan fingerprint density at radius 3 is 1.60 bits per heavy atom. The lowest BCUT2D eigenvalue weighted by Gasteiger charge is -2.11. The van der Waals surface area contributed by atoms with Gasteiger partial charge < -0.3 is 8.37 Å². The summed E-state index contributed by atoms with van der Waals surface area (Å²) in [4.78, 5) is 0. The molecule has 174 valence electrons. The first kappa shape index (κ1) is 23.8. The van der Waals surface area contributed by atoms with E-state index in [1.54, 1.807) is 18.2 Å². The van der Waals surface area contributed by atoms with Crippen LogP contribution in [-0.2, 0) is 14.6 Å². The lowest BCUT2D eigenvalue weighted by Crippen LogP contribution is -2.11. The van der Waals surface area contributed by atoms with Crippen molar-refractivity contribution in [3.63, 3.8) is 0 Å². The normalized spacial score (nSPS) is 11.9. The smallest absolute Gasteiger partial charge is 0.361 e. The van der Waals surface area contributed by atoms with E-state index >= 15 is 0 Å². The van der Waals surface area contributed by atoms with Gasteiger partial charge in [-0.25, -0.2) is 0 Å². The van der Waals surface area contributed by atoms with Crippen molar-refractivity contribution >= 4 is 40.8 Å². The zero-order valence-electron chi connectivity index (χ0n) is 18.9. The van der Waals surface area contributed by atoms with Crippen LogP contribution in [0.15, 0.2) is 115 Å². The molecule has 35 heavy (non-hydrogen) atoms. The lowest BCUT2D eigenvalue weighted by molar-refractivity contribution is 0.363. The van der Waals surface area contributed by atoms with Crippen LogP contribution in [0.25, 0.3) is 30.4 Å². The maximum Gasteiger partial charge on any atom is 0.500 e. The Labute approximate surface area is 206 Å². The first-order chi connectivity index (χ1) is 17.1. The molecule has 0 saturated heterocycles. The van der Waals surface area contributed by atoms with E-state index in [1.165, 1.54) is 0 Å². The fraction of sp³-hybridized carbons (Fsp3) is 0. The quantitative estimate of drug-likeness (QED) is 0.186. The van der Waals surface area contributed by atoms with Gasteiger partial charge in [-0.3, -0.25) is 0 Å². The Hall–Kier alpha value is -4.35. The van der Waals surface area contributed by atoms with Crippen molar-refractivity contribution in [1.29, 1.82) is 0 Å². The predicted octanol–water partition coefficient (Wildman–Crippen LogP) is 7.34. The van der Waals surface area contributed by atoms with Gasteiger partial charge >= 0.3 is 10.4 Å². The van der Waals surface area contributed by atoms with Crippen LogP contribution in [-0.4, -0.2) is 8.42 Å². The molecule has 0 bridgehead atoms. The van der Waals surface area contributed by atoms with Gasteiger partial charge in [-0.1, -0.05) is 121 Å². The van der Waals surface area contributed by atoms with E-state index in [0.717, 1.165) is 28.5 Å². The first-order valence-corrected chi connectivity index (χ1v) is 12.4. The summed E-state index contributed by atoms with van der Waals surface area (Å²) >= 11 is 0. The van der Waals surface area contributed by atoms with E-state index < -0.39 is 10.4 Å². The molecule has 0 heterocycles. The summed E-state index contributed by atoms with van der Waals surface area (Å²) in [7, 11) is -4.34. The predicted molar refractivity (Wildman–Crippen MR) is 143 cm³/mol. The van der Waals surface area contributed by atoms with Crippen LogP contribution in [0.5, 0.6) is 5.75 Å². The molecule has 0 radical (unpaired) electrons. The molecular weight excluding hydrogens is 456 g/mol. The Kier molecular flexibility index (Phi) is 7.94. The summed E-state index contributed by atoms with van der Waals surface area (Å²) in [5.41, 5.74) is 4.22. The Balaban J connectivity index is 1.62. The highest BCUT2D eigenvalue weighted by Crippen LogP contribution is 2.28. The molecule has 0 N–H and O–H groups in total. The average molecular weight is 481 g/mol. The molecule has 0 aromatic heterocycles. The van der Waals surface area contributed by atoms with Crippen molar-refractivity contribution in [1.82, 2.24) is 0 Å². The molecule has 4 nitrogen and oxygen atoms in total. The third kappa shape index (κ3) is 7.32. The molecule has 0 amide bonds. The van der Waals surface area contributed by atoms with Gasteiger partial charge in [0.2, 0.25) is 0 Å². The maximum atomic E-state index is 12.6. The molecule has 0 aliphatic heterocycles. The van der Waals surface area contributed by atoms with Crippen LogP contribution in [0.2, 0.25) is 0 Å². The Bertz CT molecular complexity index is 1420. The largest absolute Gasteiger partial charge is 0.500 e. The van der Waals surface area contributed by atoms with Crippen molar-refractivity contribution < 1.29 is 16.8 Å². The molecule has 4 aromatic carbocycles. The molecule has 0 saturated carbocycles. The average Bonchev–Trinajstić information content (AvgIpc) is 2.88. The van der Waals surface area contributed by atoms with Crippen molar-refractivity contribution in [3.05, 3.63) is 143 Å². The van der Waals surface area contributed by atoms with E-state index in [1.807, 2.05) is 121 Å². The van der Waals surface area contributed by atoms with Gasteiger partial charge in [-0.2, -0.15) is 0 Å². The number of benzene rings is 4. The molecular formula is C30H24O4S. The summed E-state index contributed by atoms with van der Waals surface area (Å²) in [6.45, 7) is 0. The fourth-order valence-electron chi connectivity index (χ4n) is 3.32. The van der Waals surface area contributed by atoms with Crippen LogP contribution in [0.1, 0.15) is 27.8 Å². The molecule has 0 aliphatic carbocycles. The minimum absolute atomic E-state index is 0.167. The van der Waals surface area contributed by atoms with Gasteiger partial charge in [0.25, 0.3) is 0 Å². The molecule has 0 fully saturated rings. The number of rotatable bonds is 9. The highest BCUT2D eigenvalue weighted by molar-refractivity contribution is 7.82. The monoisotopic (exact) mass is 480 g/mol.